The zero-order valence-electron chi connectivity index (χ0n) is 8.93. The van der Waals surface area contributed by atoms with Crippen molar-refractivity contribution in [2.45, 2.75) is 13.5 Å². The van der Waals surface area contributed by atoms with Crippen LogP contribution in [0.2, 0.25) is 0 Å². The predicted molar refractivity (Wildman–Crippen MR) is 60.6 cm³/mol. The minimum absolute atomic E-state index is 0.135. The molecule has 0 aliphatic carbocycles. The monoisotopic (exact) mass is 216 g/mol. The van der Waals surface area contributed by atoms with Crippen LogP contribution in [0.15, 0.2) is 41.2 Å². The van der Waals surface area contributed by atoms with Gasteiger partial charge in [-0.2, -0.15) is 0 Å². The molecule has 0 aliphatic heterocycles. The SMILES string of the molecule is CC(=O)c1cc(=O)n(Cc2ccccc2)[nH]1. The smallest absolute Gasteiger partial charge is 0.267 e. The van der Waals surface area contributed by atoms with Crippen LogP contribution in [0.25, 0.3) is 0 Å². The molecule has 16 heavy (non-hydrogen) atoms. The summed E-state index contributed by atoms with van der Waals surface area (Å²) < 4.78 is 1.42. The second kappa shape index (κ2) is 4.18. The van der Waals surface area contributed by atoms with Crippen LogP contribution in [0.3, 0.4) is 0 Å². The summed E-state index contributed by atoms with van der Waals surface area (Å²) in [6.45, 7) is 1.88. The average Bonchev–Trinajstić information content (AvgIpc) is 2.62. The number of carbonyl (C=O) groups excluding carboxylic acids is 1. The van der Waals surface area contributed by atoms with Crippen molar-refractivity contribution in [2.24, 2.45) is 0 Å². The van der Waals surface area contributed by atoms with Gasteiger partial charge in [-0.25, -0.2) is 4.68 Å². The summed E-state index contributed by atoms with van der Waals surface area (Å²) >= 11 is 0. The number of aromatic nitrogens is 2. The van der Waals surface area contributed by atoms with E-state index < -0.39 is 0 Å². The summed E-state index contributed by atoms with van der Waals surface area (Å²) in [6.07, 6.45) is 0. The van der Waals surface area contributed by atoms with Crippen molar-refractivity contribution in [3.63, 3.8) is 0 Å². The van der Waals surface area contributed by atoms with Crippen LogP contribution >= 0.6 is 0 Å². The molecule has 0 fully saturated rings. The van der Waals surface area contributed by atoms with E-state index in [1.165, 1.54) is 17.7 Å². The molecule has 0 atom stereocenters. The Bertz CT molecular complexity index is 552. The van der Waals surface area contributed by atoms with E-state index >= 15 is 0 Å². The molecule has 4 heteroatoms. The first kappa shape index (κ1) is 10.4. The van der Waals surface area contributed by atoms with E-state index in [1.54, 1.807) is 0 Å². The maximum absolute atomic E-state index is 11.5. The number of carbonyl (C=O) groups is 1. The Morgan fingerprint density at radius 2 is 2.00 bits per heavy atom. The molecule has 4 nitrogen and oxygen atoms in total. The first-order valence-electron chi connectivity index (χ1n) is 5.01. The zero-order valence-corrected chi connectivity index (χ0v) is 8.93. The van der Waals surface area contributed by atoms with Crippen molar-refractivity contribution in [3.05, 3.63) is 58.0 Å². The van der Waals surface area contributed by atoms with Crippen molar-refractivity contribution in [1.82, 2.24) is 9.78 Å². The van der Waals surface area contributed by atoms with Gasteiger partial charge in [-0.1, -0.05) is 30.3 Å². The first-order valence-corrected chi connectivity index (χ1v) is 5.01. The molecule has 0 bridgehead atoms. The van der Waals surface area contributed by atoms with E-state index in [1.807, 2.05) is 30.3 Å². The third kappa shape index (κ3) is 2.11. The van der Waals surface area contributed by atoms with Gasteiger partial charge in [0.1, 0.15) is 5.69 Å². The van der Waals surface area contributed by atoms with Gasteiger partial charge in [-0.15, -0.1) is 0 Å². The van der Waals surface area contributed by atoms with Crippen molar-refractivity contribution in [1.29, 1.82) is 0 Å². The highest BCUT2D eigenvalue weighted by Crippen LogP contribution is 2.00. The summed E-state index contributed by atoms with van der Waals surface area (Å²) in [7, 11) is 0. The minimum atomic E-state index is -0.186. The lowest BCUT2D eigenvalue weighted by molar-refractivity contribution is 0.101. The summed E-state index contributed by atoms with van der Waals surface area (Å²) in [5, 5.41) is 2.78. The summed E-state index contributed by atoms with van der Waals surface area (Å²) in [5.41, 5.74) is 1.18. The number of hydrogen-bond donors (Lipinski definition) is 1. The second-order valence-corrected chi connectivity index (χ2v) is 3.64. The highest BCUT2D eigenvalue weighted by Gasteiger charge is 2.06. The molecule has 0 aliphatic rings. The highest BCUT2D eigenvalue weighted by molar-refractivity contribution is 5.91. The number of nitrogens with one attached hydrogen (secondary N) is 1. The van der Waals surface area contributed by atoms with E-state index in [9.17, 15) is 9.59 Å². The summed E-state index contributed by atoms with van der Waals surface area (Å²) in [5.74, 6) is -0.135. The standard InChI is InChI=1S/C12H12N2O2/c1-9(15)11-7-12(16)14(13-11)8-10-5-3-2-4-6-10/h2-7,13H,8H2,1H3. The largest absolute Gasteiger partial charge is 0.293 e. The van der Waals surface area contributed by atoms with E-state index in [-0.39, 0.29) is 11.3 Å². The lowest BCUT2D eigenvalue weighted by Gasteiger charge is -2.01. The molecule has 1 aromatic heterocycles. The third-order valence-corrected chi connectivity index (χ3v) is 2.35. The number of ketones is 1. The number of Topliss-reactive ketones (excluding diaryl/α,β-unsaturated/α-hetero) is 1. The van der Waals surface area contributed by atoms with Gasteiger partial charge in [-0.3, -0.25) is 14.7 Å². The van der Waals surface area contributed by atoms with E-state index in [0.717, 1.165) is 5.56 Å². The number of aromatic amines is 1. The van der Waals surface area contributed by atoms with Gasteiger partial charge in [0.05, 0.1) is 6.54 Å². The van der Waals surface area contributed by atoms with Crippen LogP contribution in [-0.2, 0) is 6.54 Å². The maximum Gasteiger partial charge on any atom is 0.267 e. The summed E-state index contributed by atoms with van der Waals surface area (Å²) in [4.78, 5) is 22.6. The van der Waals surface area contributed by atoms with Crippen LogP contribution in [0.1, 0.15) is 23.0 Å². The Hall–Kier alpha value is -2.10. The lowest BCUT2D eigenvalue weighted by atomic mass is 10.2. The Morgan fingerprint density at radius 1 is 1.31 bits per heavy atom. The molecule has 1 heterocycles. The summed E-state index contributed by atoms with van der Waals surface area (Å²) in [6, 6.07) is 10.9. The molecule has 0 saturated carbocycles. The van der Waals surface area contributed by atoms with Gasteiger partial charge in [-0.05, 0) is 5.56 Å². The van der Waals surface area contributed by atoms with Crippen molar-refractivity contribution in [3.8, 4) is 0 Å². The fourth-order valence-corrected chi connectivity index (χ4v) is 1.50. The normalized spacial score (nSPS) is 10.3. The minimum Gasteiger partial charge on any atom is -0.293 e. The van der Waals surface area contributed by atoms with Gasteiger partial charge >= 0.3 is 0 Å². The van der Waals surface area contributed by atoms with Crippen LogP contribution < -0.4 is 5.56 Å². The molecule has 1 aromatic carbocycles. The first-order chi connectivity index (χ1) is 7.66. The molecule has 1 N–H and O–H groups in total. The van der Waals surface area contributed by atoms with Gasteiger partial charge in [0.25, 0.3) is 5.56 Å². The van der Waals surface area contributed by atoms with Gasteiger partial charge in [0.15, 0.2) is 5.78 Å². The molecule has 0 saturated heterocycles. The number of benzene rings is 1. The Balaban J connectivity index is 2.29. The van der Waals surface area contributed by atoms with E-state index in [2.05, 4.69) is 5.10 Å². The van der Waals surface area contributed by atoms with Crippen molar-refractivity contribution < 1.29 is 4.79 Å². The molecule has 2 aromatic rings. The van der Waals surface area contributed by atoms with E-state index in [4.69, 9.17) is 0 Å². The Labute approximate surface area is 92.5 Å². The van der Waals surface area contributed by atoms with Gasteiger partial charge < -0.3 is 0 Å². The quantitative estimate of drug-likeness (QED) is 0.789. The van der Waals surface area contributed by atoms with Crippen molar-refractivity contribution >= 4 is 5.78 Å². The molecule has 0 radical (unpaired) electrons. The predicted octanol–water partition coefficient (Wildman–Crippen LogP) is 1.43. The Morgan fingerprint density at radius 3 is 2.56 bits per heavy atom. The van der Waals surface area contributed by atoms with Gasteiger partial charge in [0, 0.05) is 13.0 Å². The molecule has 2 rings (SSSR count). The molecular weight excluding hydrogens is 204 g/mol. The second-order valence-electron chi connectivity index (χ2n) is 3.64. The molecule has 82 valence electrons. The molecular formula is C12H12N2O2. The Kier molecular flexibility index (Phi) is 2.72. The van der Waals surface area contributed by atoms with E-state index in [0.29, 0.717) is 12.2 Å². The third-order valence-electron chi connectivity index (χ3n) is 2.35. The molecule has 0 unspecified atom stereocenters. The number of rotatable bonds is 3. The average molecular weight is 216 g/mol. The maximum atomic E-state index is 11.5. The van der Waals surface area contributed by atoms with Gasteiger partial charge in [0.2, 0.25) is 0 Å². The van der Waals surface area contributed by atoms with Crippen LogP contribution in [0.4, 0.5) is 0 Å². The molecule has 0 spiro atoms. The number of nitrogens with zero attached hydrogens (tertiary/aromatic N) is 1. The van der Waals surface area contributed by atoms with Crippen LogP contribution in [0.5, 0.6) is 0 Å². The van der Waals surface area contributed by atoms with Crippen molar-refractivity contribution in [2.75, 3.05) is 0 Å². The fourth-order valence-electron chi connectivity index (χ4n) is 1.50. The molecule has 0 amide bonds. The topological polar surface area (TPSA) is 54.9 Å². The highest BCUT2D eigenvalue weighted by atomic mass is 16.1. The van der Waals surface area contributed by atoms with Crippen LogP contribution in [-0.4, -0.2) is 15.6 Å². The zero-order chi connectivity index (χ0) is 11.5. The lowest BCUT2D eigenvalue weighted by Crippen LogP contribution is -2.16. The fraction of sp³-hybridized carbons (Fsp3) is 0.167. The number of H-pyrrole nitrogens is 1. The number of hydrogen-bond acceptors (Lipinski definition) is 2. The van der Waals surface area contributed by atoms with Crippen LogP contribution in [0, 0.1) is 0 Å².